The highest BCUT2D eigenvalue weighted by atomic mass is 16.1. The van der Waals surface area contributed by atoms with E-state index in [0.717, 1.165) is 23.2 Å². The van der Waals surface area contributed by atoms with Gasteiger partial charge in [-0.05, 0) is 56.0 Å². The van der Waals surface area contributed by atoms with Crippen molar-refractivity contribution >= 4 is 11.7 Å². The monoisotopic (exact) mass is 375 g/mol. The van der Waals surface area contributed by atoms with Gasteiger partial charge in [-0.2, -0.15) is 5.10 Å². The molecule has 3 aromatic rings. The smallest absolute Gasteiger partial charge is 0.225 e. The van der Waals surface area contributed by atoms with Gasteiger partial charge in [0, 0.05) is 6.42 Å². The third kappa shape index (κ3) is 3.88. The van der Waals surface area contributed by atoms with E-state index in [1.165, 1.54) is 5.56 Å². The summed E-state index contributed by atoms with van der Waals surface area (Å²) in [6.07, 6.45) is 1.10. The molecule has 28 heavy (non-hydrogen) atoms. The quantitative estimate of drug-likeness (QED) is 0.711. The number of hydrogen-bond acceptors (Lipinski definition) is 3. The molecule has 0 saturated carbocycles. The molecule has 0 aliphatic rings. The van der Waals surface area contributed by atoms with Crippen LogP contribution in [0, 0.1) is 20.8 Å². The second-order valence-electron chi connectivity index (χ2n) is 6.98. The van der Waals surface area contributed by atoms with Crippen LogP contribution in [-0.4, -0.2) is 15.7 Å². The lowest BCUT2D eigenvalue weighted by Crippen LogP contribution is -2.24. The average Bonchev–Trinajstić information content (AvgIpc) is 2.68. The molecule has 0 saturated heterocycles. The van der Waals surface area contributed by atoms with Crippen molar-refractivity contribution in [3.63, 3.8) is 0 Å². The summed E-state index contributed by atoms with van der Waals surface area (Å²) in [6.45, 7) is 7.72. The molecule has 144 valence electrons. The Kier molecular flexibility index (Phi) is 5.73. The van der Waals surface area contributed by atoms with Crippen LogP contribution in [0.4, 0.5) is 5.82 Å². The third-order valence-electron chi connectivity index (χ3n) is 4.79. The average molecular weight is 375 g/mol. The molecule has 0 radical (unpaired) electrons. The van der Waals surface area contributed by atoms with Crippen molar-refractivity contribution in [2.45, 2.75) is 40.5 Å². The maximum atomic E-state index is 13.0. The Balaban J connectivity index is 2.32. The van der Waals surface area contributed by atoms with Gasteiger partial charge in [-0.1, -0.05) is 43.3 Å². The number of anilines is 1. The van der Waals surface area contributed by atoms with Crippen LogP contribution in [0.25, 0.3) is 16.8 Å². The molecule has 1 heterocycles. The minimum atomic E-state index is -0.182. The van der Waals surface area contributed by atoms with Gasteiger partial charge in [0.1, 0.15) is 11.5 Å². The number of aromatic nitrogens is 2. The Morgan fingerprint density at radius 1 is 1.04 bits per heavy atom. The second kappa shape index (κ2) is 8.21. The van der Waals surface area contributed by atoms with E-state index in [9.17, 15) is 9.59 Å². The van der Waals surface area contributed by atoms with E-state index in [1.807, 2.05) is 69.3 Å². The number of carbonyl (C=O) groups is 1. The van der Waals surface area contributed by atoms with E-state index in [4.69, 9.17) is 0 Å². The Bertz CT molecular complexity index is 1070. The van der Waals surface area contributed by atoms with Crippen LogP contribution in [0.15, 0.2) is 53.3 Å². The van der Waals surface area contributed by atoms with Crippen molar-refractivity contribution in [2.24, 2.45) is 0 Å². The predicted molar refractivity (Wildman–Crippen MR) is 113 cm³/mol. The van der Waals surface area contributed by atoms with E-state index < -0.39 is 0 Å². The van der Waals surface area contributed by atoms with Crippen LogP contribution >= 0.6 is 0 Å². The summed E-state index contributed by atoms with van der Waals surface area (Å²) in [5, 5.41) is 7.44. The largest absolute Gasteiger partial charge is 0.310 e. The molecule has 2 aromatic carbocycles. The van der Waals surface area contributed by atoms with Crippen LogP contribution in [0.1, 0.15) is 36.6 Å². The number of hydrogen-bond donors (Lipinski definition) is 1. The number of nitrogens with zero attached hydrogens (tertiary/aromatic N) is 2. The van der Waals surface area contributed by atoms with Gasteiger partial charge < -0.3 is 5.32 Å². The summed E-state index contributed by atoms with van der Waals surface area (Å²) in [7, 11) is 0. The lowest BCUT2D eigenvalue weighted by atomic mass is 10.0. The summed E-state index contributed by atoms with van der Waals surface area (Å²) < 4.78 is 1.67. The molecule has 0 unspecified atom stereocenters. The Labute approximate surface area is 165 Å². The van der Waals surface area contributed by atoms with E-state index in [1.54, 1.807) is 11.6 Å². The van der Waals surface area contributed by atoms with Crippen LogP contribution in [0.5, 0.6) is 0 Å². The van der Waals surface area contributed by atoms with Gasteiger partial charge in [0.2, 0.25) is 11.3 Å². The fourth-order valence-corrected chi connectivity index (χ4v) is 3.09. The molecule has 5 nitrogen and oxygen atoms in total. The summed E-state index contributed by atoms with van der Waals surface area (Å²) in [4.78, 5) is 25.4. The summed E-state index contributed by atoms with van der Waals surface area (Å²) in [6, 6.07) is 15.4. The highest BCUT2D eigenvalue weighted by Crippen LogP contribution is 2.27. The number of aryl methyl sites for hydroxylation is 3. The maximum absolute atomic E-state index is 13.0. The Hall–Kier alpha value is -3.21. The minimum absolute atomic E-state index is 0.137. The lowest BCUT2D eigenvalue weighted by molar-refractivity contribution is -0.116. The SMILES string of the molecule is CCCC(=O)Nc1c(-c2ccccc2)c(=O)c(C)nn1-c1ccc(C)c(C)c1. The van der Waals surface area contributed by atoms with Crippen molar-refractivity contribution in [3.8, 4) is 16.8 Å². The number of carbonyl (C=O) groups excluding carboxylic acids is 1. The molecule has 0 bridgehead atoms. The molecule has 0 aliphatic heterocycles. The molecule has 1 N–H and O–H groups in total. The van der Waals surface area contributed by atoms with Crippen molar-refractivity contribution < 1.29 is 4.79 Å². The molecule has 5 heteroatoms. The van der Waals surface area contributed by atoms with E-state index >= 15 is 0 Å². The van der Waals surface area contributed by atoms with Crippen molar-refractivity contribution in [1.29, 1.82) is 0 Å². The fraction of sp³-hybridized carbons (Fsp3) is 0.261. The topological polar surface area (TPSA) is 64.0 Å². The molecule has 1 amide bonds. The van der Waals surface area contributed by atoms with Crippen molar-refractivity contribution in [1.82, 2.24) is 9.78 Å². The number of nitrogens with one attached hydrogen (secondary N) is 1. The summed E-state index contributed by atoms with van der Waals surface area (Å²) in [5.74, 6) is 0.269. The molecule has 1 aromatic heterocycles. The zero-order valence-electron chi connectivity index (χ0n) is 16.7. The number of rotatable bonds is 5. The molecule has 0 aliphatic carbocycles. The van der Waals surface area contributed by atoms with E-state index in [2.05, 4.69) is 10.4 Å². The first-order chi connectivity index (χ1) is 13.4. The second-order valence-corrected chi connectivity index (χ2v) is 6.98. The van der Waals surface area contributed by atoms with E-state index in [-0.39, 0.29) is 11.3 Å². The van der Waals surface area contributed by atoms with Crippen LogP contribution in [0.2, 0.25) is 0 Å². The normalized spacial score (nSPS) is 10.7. The Morgan fingerprint density at radius 3 is 2.39 bits per heavy atom. The zero-order valence-corrected chi connectivity index (χ0v) is 16.7. The fourth-order valence-electron chi connectivity index (χ4n) is 3.09. The predicted octanol–water partition coefficient (Wildman–Crippen LogP) is 4.56. The molecule has 3 rings (SSSR count). The first-order valence-corrected chi connectivity index (χ1v) is 9.49. The number of amides is 1. The molecule has 0 atom stereocenters. The van der Waals surface area contributed by atoms with Crippen LogP contribution < -0.4 is 10.7 Å². The first kappa shape index (κ1) is 19.5. The molecular formula is C23H25N3O2. The van der Waals surface area contributed by atoms with E-state index in [0.29, 0.717) is 23.5 Å². The molecule has 0 fully saturated rings. The highest BCUT2D eigenvalue weighted by Gasteiger charge is 2.20. The highest BCUT2D eigenvalue weighted by molar-refractivity contribution is 5.94. The van der Waals surface area contributed by atoms with Crippen molar-refractivity contribution in [2.75, 3.05) is 5.32 Å². The lowest BCUT2D eigenvalue weighted by Gasteiger charge is -2.19. The third-order valence-corrected chi connectivity index (χ3v) is 4.79. The van der Waals surface area contributed by atoms with Crippen molar-refractivity contribution in [3.05, 3.63) is 75.6 Å². The maximum Gasteiger partial charge on any atom is 0.225 e. The summed E-state index contributed by atoms with van der Waals surface area (Å²) >= 11 is 0. The van der Waals surface area contributed by atoms with Gasteiger partial charge in [0.15, 0.2) is 0 Å². The number of benzene rings is 2. The zero-order chi connectivity index (χ0) is 20.3. The van der Waals surface area contributed by atoms with Gasteiger partial charge in [0.25, 0.3) is 0 Å². The van der Waals surface area contributed by atoms with Gasteiger partial charge >= 0.3 is 0 Å². The van der Waals surface area contributed by atoms with Gasteiger partial charge in [-0.25, -0.2) is 4.68 Å². The molecule has 0 spiro atoms. The summed E-state index contributed by atoms with van der Waals surface area (Å²) in [5.41, 5.74) is 4.49. The van der Waals surface area contributed by atoms with Gasteiger partial charge in [-0.15, -0.1) is 0 Å². The molecular weight excluding hydrogens is 350 g/mol. The first-order valence-electron chi connectivity index (χ1n) is 9.49. The van der Waals surface area contributed by atoms with Crippen LogP contribution in [-0.2, 0) is 4.79 Å². The van der Waals surface area contributed by atoms with Gasteiger partial charge in [-0.3, -0.25) is 9.59 Å². The Morgan fingerprint density at radius 2 is 1.75 bits per heavy atom. The van der Waals surface area contributed by atoms with Gasteiger partial charge in [0.05, 0.1) is 11.3 Å². The standard InChI is InChI=1S/C23H25N3O2/c1-5-9-20(27)24-23-21(18-10-7-6-8-11-18)22(28)17(4)25-26(23)19-13-12-15(2)16(3)14-19/h6-8,10-14H,5,9H2,1-4H3,(H,24,27). The minimum Gasteiger partial charge on any atom is -0.310 e. The van der Waals surface area contributed by atoms with Crippen LogP contribution in [0.3, 0.4) is 0 Å².